The first-order valence-electron chi connectivity index (χ1n) is 6.96. The average molecular weight is 254 g/mol. The van der Waals surface area contributed by atoms with E-state index in [1.165, 1.54) is 0 Å². The van der Waals surface area contributed by atoms with Gasteiger partial charge in [-0.05, 0) is 32.1 Å². The van der Waals surface area contributed by atoms with Crippen LogP contribution in [0.3, 0.4) is 0 Å². The van der Waals surface area contributed by atoms with Crippen LogP contribution in [0.4, 0.5) is 0 Å². The van der Waals surface area contributed by atoms with Crippen molar-refractivity contribution in [2.75, 3.05) is 26.2 Å². The van der Waals surface area contributed by atoms with Crippen LogP contribution in [-0.4, -0.2) is 48.7 Å². The minimum Gasteiger partial charge on any atom is -0.376 e. The van der Waals surface area contributed by atoms with Crippen LogP contribution in [0, 0.1) is 5.41 Å². The zero-order valence-corrected chi connectivity index (χ0v) is 12.1. The highest BCUT2D eigenvalue weighted by Crippen LogP contribution is 2.25. The van der Waals surface area contributed by atoms with Crippen molar-refractivity contribution in [3.63, 3.8) is 0 Å². The number of carbonyl (C=O) groups is 1. The molecule has 0 aromatic rings. The molecule has 2 aliphatic heterocycles. The number of hydrogen-bond acceptors (Lipinski definition) is 3. The Morgan fingerprint density at radius 3 is 2.72 bits per heavy atom. The second-order valence-electron chi connectivity index (χ2n) is 6.96. The molecule has 2 rings (SSSR count). The van der Waals surface area contributed by atoms with Gasteiger partial charge in [0, 0.05) is 26.2 Å². The molecule has 0 radical (unpaired) electrons. The van der Waals surface area contributed by atoms with E-state index in [2.05, 4.69) is 19.2 Å². The number of nitrogens with zero attached hydrogens (tertiary/aromatic N) is 1. The second-order valence-corrected chi connectivity index (χ2v) is 6.96. The fraction of sp³-hybridized carbons (Fsp3) is 0.929. The van der Waals surface area contributed by atoms with Gasteiger partial charge in [0.05, 0.1) is 11.6 Å². The summed E-state index contributed by atoms with van der Waals surface area (Å²) in [5.41, 5.74) is -0.353. The van der Waals surface area contributed by atoms with E-state index in [0.717, 1.165) is 39.1 Å². The first-order valence-corrected chi connectivity index (χ1v) is 6.96. The van der Waals surface area contributed by atoms with Crippen molar-refractivity contribution in [2.24, 2.45) is 5.41 Å². The lowest BCUT2D eigenvalue weighted by atomic mass is 9.93. The van der Waals surface area contributed by atoms with Gasteiger partial charge in [0.1, 0.15) is 0 Å². The second kappa shape index (κ2) is 4.82. The van der Waals surface area contributed by atoms with Crippen LogP contribution in [0.1, 0.15) is 40.5 Å². The molecule has 2 aliphatic rings. The van der Waals surface area contributed by atoms with Gasteiger partial charge in [-0.3, -0.25) is 4.79 Å². The number of ether oxygens (including phenoxy) is 1. The van der Waals surface area contributed by atoms with Gasteiger partial charge < -0.3 is 15.0 Å². The van der Waals surface area contributed by atoms with Gasteiger partial charge >= 0.3 is 0 Å². The number of rotatable bonds is 2. The lowest BCUT2D eigenvalue weighted by molar-refractivity contribution is -0.138. The summed E-state index contributed by atoms with van der Waals surface area (Å²) in [6.45, 7) is 11.6. The fourth-order valence-corrected chi connectivity index (χ4v) is 2.76. The number of amides is 1. The molecule has 1 amide bonds. The molecular formula is C14H26N2O2. The third kappa shape index (κ3) is 3.04. The van der Waals surface area contributed by atoms with Gasteiger partial charge in [0.2, 0.25) is 5.91 Å². The molecule has 1 unspecified atom stereocenters. The number of carbonyl (C=O) groups excluding carboxylic acids is 1. The van der Waals surface area contributed by atoms with Crippen molar-refractivity contribution < 1.29 is 9.53 Å². The van der Waals surface area contributed by atoms with Crippen LogP contribution >= 0.6 is 0 Å². The van der Waals surface area contributed by atoms with Crippen molar-refractivity contribution in [3.05, 3.63) is 0 Å². The Kier molecular flexibility index (Phi) is 3.70. The minimum absolute atomic E-state index is 0.113. The Morgan fingerprint density at radius 1 is 1.39 bits per heavy atom. The molecular weight excluding hydrogens is 228 g/mol. The highest BCUT2D eigenvalue weighted by atomic mass is 16.5. The molecule has 104 valence electrons. The standard InChI is InChI=1S/C14H26N2O2/c1-13(2)9-15-14(3,4)12(17)16(10-13)8-11-6-5-7-18-11/h11,15H,5-10H2,1-4H3. The van der Waals surface area contributed by atoms with Crippen LogP contribution in [0.5, 0.6) is 0 Å². The monoisotopic (exact) mass is 254 g/mol. The molecule has 0 aromatic carbocycles. The van der Waals surface area contributed by atoms with Crippen LogP contribution in [-0.2, 0) is 9.53 Å². The summed E-state index contributed by atoms with van der Waals surface area (Å²) in [7, 11) is 0. The molecule has 0 aliphatic carbocycles. The first-order chi connectivity index (χ1) is 8.30. The molecule has 2 heterocycles. The highest BCUT2D eigenvalue weighted by Gasteiger charge is 2.40. The lowest BCUT2D eigenvalue weighted by Gasteiger charge is -2.32. The lowest BCUT2D eigenvalue weighted by Crippen LogP contribution is -2.52. The molecule has 0 bridgehead atoms. The maximum Gasteiger partial charge on any atom is 0.242 e. The number of nitrogens with one attached hydrogen (secondary N) is 1. The van der Waals surface area contributed by atoms with Gasteiger partial charge in [0.25, 0.3) is 0 Å². The Bertz CT molecular complexity index is 320. The van der Waals surface area contributed by atoms with E-state index in [-0.39, 0.29) is 17.4 Å². The van der Waals surface area contributed by atoms with E-state index in [0.29, 0.717) is 0 Å². The topological polar surface area (TPSA) is 41.6 Å². The molecule has 0 saturated carbocycles. The average Bonchev–Trinajstić information content (AvgIpc) is 2.74. The van der Waals surface area contributed by atoms with E-state index >= 15 is 0 Å². The predicted molar refractivity (Wildman–Crippen MR) is 71.4 cm³/mol. The van der Waals surface area contributed by atoms with E-state index in [9.17, 15) is 4.79 Å². The van der Waals surface area contributed by atoms with Crippen molar-refractivity contribution in [1.29, 1.82) is 0 Å². The van der Waals surface area contributed by atoms with Crippen molar-refractivity contribution in [3.8, 4) is 0 Å². The van der Waals surface area contributed by atoms with Crippen molar-refractivity contribution in [1.82, 2.24) is 10.2 Å². The number of hydrogen-bond donors (Lipinski definition) is 1. The van der Waals surface area contributed by atoms with E-state index in [1.54, 1.807) is 0 Å². The van der Waals surface area contributed by atoms with Gasteiger partial charge in [-0.2, -0.15) is 0 Å². The largest absolute Gasteiger partial charge is 0.376 e. The first kappa shape index (κ1) is 13.8. The van der Waals surface area contributed by atoms with Crippen LogP contribution in [0.15, 0.2) is 0 Å². The minimum atomic E-state index is -0.466. The molecule has 1 N–H and O–H groups in total. The van der Waals surface area contributed by atoms with Crippen molar-refractivity contribution in [2.45, 2.75) is 52.2 Å². The SMILES string of the molecule is CC1(C)CNC(C)(C)C(=O)N(CC2CCCO2)C1. The summed E-state index contributed by atoms with van der Waals surface area (Å²) in [5.74, 6) is 0.198. The van der Waals surface area contributed by atoms with Gasteiger partial charge in [0.15, 0.2) is 0 Å². The molecule has 2 fully saturated rings. The molecule has 18 heavy (non-hydrogen) atoms. The normalized spacial score (nSPS) is 31.4. The summed E-state index contributed by atoms with van der Waals surface area (Å²) in [5, 5.41) is 3.38. The quantitative estimate of drug-likeness (QED) is 0.810. The van der Waals surface area contributed by atoms with Gasteiger partial charge in [-0.15, -0.1) is 0 Å². The summed E-state index contributed by atoms with van der Waals surface area (Å²) < 4.78 is 5.67. The Balaban J connectivity index is 2.10. The molecule has 2 saturated heterocycles. The van der Waals surface area contributed by atoms with Crippen molar-refractivity contribution >= 4 is 5.91 Å². The summed E-state index contributed by atoms with van der Waals surface area (Å²) >= 11 is 0. The van der Waals surface area contributed by atoms with Crippen LogP contribution in [0.2, 0.25) is 0 Å². The van der Waals surface area contributed by atoms with Crippen LogP contribution in [0.25, 0.3) is 0 Å². The van der Waals surface area contributed by atoms with E-state index < -0.39 is 5.54 Å². The Labute approximate surface area is 110 Å². The maximum atomic E-state index is 12.6. The maximum absolute atomic E-state index is 12.6. The highest BCUT2D eigenvalue weighted by molar-refractivity contribution is 5.85. The Morgan fingerprint density at radius 2 is 2.11 bits per heavy atom. The third-order valence-corrected chi connectivity index (χ3v) is 3.90. The van der Waals surface area contributed by atoms with Crippen LogP contribution < -0.4 is 5.32 Å². The van der Waals surface area contributed by atoms with Gasteiger partial charge in [-0.1, -0.05) is 13.8 Å². The third-order valence-electron chi connectivity index (χ3n) is 3.90. The zero-order valence-electron chi connectivity index (χ0n) is 12.1. The molecule has 4 nitrogen and oxygen atoms in total. The summed E-state index contributed by atoms with van der Waals surface area (Å²) in [6.07, 6.45) is 2.44. The zero-order chi connectivity index (χ0) is 13.4. The Hall–Kier alpha value is -0.610. The predicted octanol–water partition coefficient (Wildman–Crippen LogP) is 1.40. The molecule has 1 atom stereocenters. The fourth-order valence-electron chi connectivity index (χ4n) is 2.76. The smallest absolute Gasteiger partial charge is 0.242 e. The molecule has 4 heteroatoms. The van der Waals surface area contributed by atoms with E-state index in [1.807, 2.05) is 18.7 Å². The van der Waals surface area contributed by atoms with E-state index in [4.69, 9.17) is 4.74 Å². The summed E-state index contributed by atoms with van der Waals surface area (Å²) in [4.78, 5) is 14.5. The van der Waals surface area contributed by atoms with Gasteiger partial charge in [-0.25, -0.2) is 0 Å². The molecule has 0 aromatic heterocycles. The summed E-state index contributed by atoms with van der Waals surface area (Å²) in [6, 6.07) is 0. The molecule has 0 spiro atoms.